The minimum Gasteiger partial charge on any atom is -0.497 e. The van der Waals surface area contributed by atoms with Crippen LogP contribution >= 0.6 is 0 Å². The van der Waals surface area contributed by atoms with Gasteiger partial charge >= 0.3 is 0 Å². The SMILES string of the molecule is COc1ccc(CCC(=O)N2CCN(C(=O)c3ccccc3C)CC2)cc1. The summed E-state index contributed by atoms with van der Waals surface area (Å²) in [5.41, 5.74) is 2.86. The van der Waals surface area contributed by atoms with Gasteiger partial charge < -0.3 is 14.5 Å². The molecule has 1 aliphatic rings. The van der Waals surface area contributed by atoms with Crippen LogP contribution in [0.15, 0.2) is 48.5 Å². The molecule has 1 aliphatic heterocycles. The molecule has 3 rings (SSSR count). The summed E-state index contributed by atoms with van der Waals surface area (Å²) in [4.78, 5) is 28.9. The number of carbonyl (C=O) groups is 2. The average molecular weight is 366 g/mol. The standard InChI is InChI=1S/C22H26N2O3/c1-17-5-3-4-6-20(17)22(26)24-15-13-23(14-16-24)21(25)12-9-18-7-10-19(27-2)11-8-18/h3-8,10-11H,9,12-16H2,1-2H3. The van der Waals surface area contributed by atoms with Crippen molar-refractivity contribution in [3.8, 4) is 5.75 Å². The van der Waals surface area contributed by atoms with E-state index in [0.29, 0.717) is 39.0 Å². The van der Waals surface area contributed by atoms with E-state index in [1.165, 1.54) is 0 Å². The highest BCUT2D eigenvalue weighted by Gasteiger charge is 2.25. The normalized spacial score (nSPS) is 14.1. The van der Waals surface area contributed by atoms with Crippen molar-refractivity contribution < 1.29 is 14.3 Å². The fourth-order valence-electron chi connectivity index (χ4n) is 3.34. The zero-order valence-corrected chi connectivity index (χ0v) is 16.0. The van der Waals surface area contributed by atoms with E-state index in [0.717, 1.165) is 22.4 Å². The molecule has 2 aromatic rings. The Bertz CT molecular complexity index is 793. The molecule has 0 aliphatic carbocycles. The predicted octanol–water partition coefficient (Wildman–Crippen LogP) is 2.92. The van der Waals surface area contributed by atoms with Gasteiger partial charge in [0.05, 0.1) is 7.11 Å². The third-order valence-corrected chi connectivity index (χ3v) is 5.08. The highest BCUT2D eigenvalue weighted by Crippen LogP contribution is 2.15. The van der Waals surface area contributed by atoms with E-state index in [4.69, 9.17) is 4.74 Å². The number of benzene rings is 2. The van der Waals surface area contributed by atoms with E-state index < -0.39 is 0 Å². The van der Waals surface area contributed by atoms with E-state index in [1.54, 1.807) is 7.11 Å². The zero-order chi connectivity index (χ0) is 19.2. The van der Waals surface area contributed by atoms with Gasteiger partial charge in [-0.25, -0.2) is 0 Å². The first-order valence-corrected chi connectivity index (χ1v) is 9.34. The summed E-state index contributed by atoms with van der Waals surface area (Å²) in [7, 11) is 1.64. The van der Waals surface area contributed by atoms with Gasteiger partial charge in [0, 0.05) is 38.2 Å². The molecule has 1 heterocycles. The van der Waals surface area contributed by atoms with Crippen LogP contribution in [-0.2, 0) is 11.2 Å². The first-order chi connectivity index (χ1) is 13.1. The third kappa shape index (κ3) is 4.67. The molecular formula is C22H26N2O3. The molecule has 1 saturated heterocycles. The molecule has 0 N–H and O–H groups in total. The molecule has 0 bridgehead atoms. The maximum Gasteiger partial charge on any atom is 0.254 e. The van der Waals surface area contributed by atoms with Gasteiger partial charge in [-0.1, -0.05) is 30.3 Å². The Morgan fingerprint density at radius 1 is 0.926 bits per heavy atom. The second-order valence-electron chi connectivity index (χ2n) is 6.84. The molecule has 0 saturated carbocycles. The number of methoxy groups -OCH3 is 1. The minimum absolute atomic E-state index is 0.0541. The maximum absolute atomic E-state index is 12.7. The number of aryl methyl sites for hydroxylation is 2. The summed E-state index contributed by atoms with van der Waals surface area (Å²) in [6.45, 7) is 4.31. The first-order valence-electron chi connectivity index (χ1n) is 9.34. The van der Waals surface area contributed by atoms with E-state index in [-0.39, 0.29) is 11.8 Å². The monoisotopic (exact) mass is 366 g/mol. The second kappa shape index (κ2) is 8.71. The van der Waals surface area contributed by atoms with Gasteiger partial charge in [-0.3, -0.25) is 9.59 Å². The van der Waals surface area contributed by atoms with Crippen LogP contribution in [0.3, 0.4) is 0 Å². The maximum atomic E-state index is 12.7. The third-order valence-electron chi connectivity index (χ3n) is 5.08. The molecule has 0 radical (unpaired) electrons. The first kappa shape index (κ1) is 19.0. The van der Waals surface area contributed by atoms with E-state index >= 15 is 0 Å². The number of piperazine rings is 1. The smallest absolute Gasteiger partial charge is 0.254 e. The van der Waals surface area contributed by atoms with Crippen LogP contribution in [0.1, 0.15) is 27.9 Å². The van der Waals surface area contributed by atoms with Gasteiger partial charge in [-0.2, -0.15) is 0 Å². The van der Waals surface area contributed by atoms with Crippen molar-refractivity contribution in [1.82, 2.24) is 9.80 Å². The lowest BCUT2D eigenvalue weighted by Crippen LogP contribution is -2.50. The van der Waals surface area contributed by atoms with Crippen LogP contribution in [0, 0.1) is 6.92 Å². The molecule has 5 heteroatoms. The Balaban J connectivity index is 1.48. The van der Waals surface area contributed by atoms with Crippen LogP contribution < -0.4 is 4.74 Å². The summed E-state index contributed by atoms with van der Waals surface area (Å²) < 4.78 is 5.15. The molecule has 0 spiro atoms. The minimum atomic E-state index is 0.0541. The quantitative estimate of drug-likeness (QED) is 0.818. The largest absolute Gasteiger partial charge is 0.497 e. The highest BCUT2D eigenvalue weighted by molar-refractivity contribution is 5.95. The van der Waals surface area contributed by atoms with Crippen LogP contribution in [0.4, 0.5) is 0 Å². The molecule has 2 amide bonds. The van der Waals surface area contributed by atoms with Crippen molar-refractivity contribution >= 4 is 11.8 Å². The summed E-state index contributed by atoms with van der Waals surface area (Å²) in [5.74, 6) is 1.02. The number of nitrogens with zero attached hydrogens (tertiary/aromatic N) is 2. The van der Waals surface area contributed by atoms with Gasteiger partial charge in [-0.05, 0) is 42.7 Å². The lowest BCUT2D eigenvalue weighted by atomic mass is 10.1. The number of carbonyl (C=O) groups excluding carboxylic acids is 2. The number of amides is 2. The Hall–Kier alpha value is -2.82. The van der Waals surface area contributed by atoms with Crippen molar-refractivity contribution in [1.29, 1.82) is 0 Å². The Morgan fingerprint density at radius 2 is 1.56 bits per heavy atom. The number of rotatable bonds is 5. The van der Waals surface area contributed by atoms with Gasteiger partial charge in [-0.15, -0.1) is 0 Å². The molecule has 142 valence electrons. The van der Waals surface area contributed by atoms with Crippen molar-refractivity contribution in [2.75, 3.05) is 33.3 Å². The molecule has 0 unspecified atom stereocenters. The number of ether oxygens (including phenoxy) is 1. The van der Waals surface area contributed by atoms with Crippen LogP contribution in [0.5, 0.6) is 5.75 Å². The van der Waals surface area contributed by atoms with Crippen molar-refractivity contribution in [2.24, 2.45) is 0 Å². The summed E-state index contributed by atoms with van der Waals surface area (Å²) in [5, 5.41) is 0. The lowest BCUT2D eigenvalue weighted by Gasteiger charge is -2.35. The van der Waals surface area contributed by atoms with E-state index in [9.17, 15) is 9.59 Å². The number of hydrogen-bond acceptors (Lipinski definition) is 3. The molecule has 0 aromatic heterocycles. The Morgan fingerprint density at radius 3 is 2.19 bits per heavy atom. The summed E-state index contributed by atoms with van der Waals surface area (Å²) in [6.07, 6.45) is 1.20. The van der Waals surface area contributed by atoms with Gasteiger partial charge in [0.2, 0.25) is 5.91 Å². The highest BCUT2D eigenvalue weighted by atomic mass is 16.5. The molecular weight excluding hydrogens is 340 g/mol. The van der Waals surface area contributed by atoms with Crippen molar-refractivity contribution in [3.05, 3.63) is 65.2 Å². The molecule has 1 fully saturated rings. The summed E-state index contributed by atoms with van der Waals surface area (Å²) in [6, 6.07) is 15.4. The lowest BCUT2D eigenvalue weighted by molar-refractivity contribution is -0.132. The number of hydrogen-bond donors (Lipinski definition) is 0. The predicted molar refractivity (Wildman–Crippen MR) is 105 cm³/mol. The van der Waals surface area contributed by atoms with Crippen molar-refractivity contribution in [2.45, 2.75) is 19.8 Å². The van der Waals surface area contributed by atoms with Crippen molar-refractivity contribution in [3.63, 3.8) is 0 Å². The fraction of sp³-hybridized carbons (Fsp3) is 0.364. The molecule has 5 nitrogen and oxygen atoms in total. The topological polar surface area (TPSA) is 49.9 Å². The Labute approximate surface area is 160 Å². The van der Waals surface area contributed by atoms with Crippen LogP contribution in [0.2, 0.25) is 0 Å². The van der Waals surface area contributed by atoms with E-state index in [1.807, 2.05) is 65.3 Å². The van der Waals surface area contributed by atoms with Gasteiger partial charge in [0.15, 0.2) is 0 Å². The van der Waals surface area contributed by atoms with Crippen LogP contribution in [-0.4, -0.2) is 54.9 Å². The molecule has 0 atom stereocenters. The molecule has 27 heavy (non-hydrogen) atoms. The average Bonchev–Trinajstić information content (AvgIpc) is 2.72. The zero-order valence-electron chi connectivity index (χ0n) is 16.0. The Kier molecular flexibility index (Phi) is 6.12. The van der Waals surface area contributed by atoms with Crippen LogP contribution in [0.25, 0.3) is 0 Å². The fourth-order valence-corrected chi connectivity index (χ4v) is 3.34. The van der Waals surface area contributed by atoms with E-state index in [2.05, 4.69) is 0 Å². The second-order valence-corrected chi connectivity index (χ2v) is 6.84. The van der Waals surface area contributed by atoms with Gasteiger partial charge in [0.1, 0.15) is 5.75 Å². The summed E-state index contributed by atoms with van der Waals surface area (Å²) >= 11 is 0. The molecule has 2 aromatic carbocycles. The van der Waals surface area contributed by atoms with Gasteiger partial charge in [0.25, 0.3) is 5.91 Å².